The van der Waals surface area contributed by atoms with Crippen molar-refractivity contribution in [2.24, 2.45) is 0 Å². The minimum atomic E-state index is -0.482. The van der Waals surface area contributed by atoms with E-state index in [-0.39, 0.29) is 5.69 Å². The maximum absolute atomic E-state index is 12.3. The molecule has 0 fully saturated rings. The number of esters is 1. The Hall–Kier alpha value is -3.94. The van der Waals surface area contributed by atoms with Crippen molar-refractivity contribution in [3.05, 3.63) is 71.9 Å². The second-order valence-electron chi connectivity index (χ2n) is 5.68. The minimum Gasteiger partial charge on any atom is -0.497 e. The number of hydrogen-bond donors (Lipinski definition) is 2. The number of carbonyl (C=O) groups excluding carboxylic acids is 2. The molecule has 0 saturated carbocycles. The van der Waals surface area contributed by atoms with E-state index in [2.05, 4.69) is 25.6 Å². The number of amides is 1. The first kappa shape index (κ1) is 18.8. The molecule has 142 valence electrons. The van der Waals surface area contributed by atoms with Gasteiger partial charge in [-0.1, -0.05) is 6.07 Å². The van der Waals surface area contributed by atoms with Crippen molar-refractivity contribution in [1.29, 1.82) is 0 Å². The number of anilines is 3. The van der Waals surface area contributed by atoms with Crippen LogP contribution in [0.15, 0.2) is 60.7 Å². The van der Waals surface area contributed by atoms with Crippen LogP contribution in [0.4, 0.5) is 17.2 Å². The number of carbonyl (C=O) groups is 2. The number of benzene rings is 2. The van der Waals surface area contributed by atoms with Gasteiger partial charge in [-0.3, -0.25) is 4.79 Å². The number of methoxy groups -OCH3 is 2. The van der Waals surface area contributed by atoms with Crippen LogP contribution in [-0.4, -0.2) is 36.3 Å². The molecule has 1 aromatic heterocycles. The number of rotatable bonds is 6. The van der Waals surface area contributed by atoms with Crippen LogP contribution in [0.2, 0.25) is 0 Å². The number of nitrogens with one attached hydrogen (secondary N) is 2. The van der Waals surface area contributed by atoms with Crippen LogP contribution in [0, 0.1) is 0 Å². The SMILES string of the molecule is COC(=O)c1cccc(NC(=O)c2ccc(Nc3ccc(OC)cc3)nn2)c1. The van der Waals surface area contributed by atoms with Crippen molar-refractivity contribution in [3.8, 4) is 5.75 Å². The Bertz CT molecular complexity index is 972. The average Bonchev–Trinajstić information content (AvgIpc) is 2.74. The third kappa shape index (κ3) is 4.61. The zero-order chi connectivity index (χ0) is 19.9. The third-order valence-corrected chi connectivity index (χ3v) is 3.80. The number of ether oxygens (including phenoxy) is 2. The molecule has 0 unspecified atom stereocenters. The highest BCUT2D eigenvalue weighted by molar-refractivity contribution is 6.03. The second kappa shape index (κ2) is 8.63. The molecule has 2 aromatic carbocycles. The van der Waals surface area contributed by atoms with Crippen LogP contribution in [-0.2, 0) is 4.74 Å². The summed E-state index contributed by atoms with van der Waals surface area (Å²) in [6, 6.07) is 17.0. The highest BCUT2D eigenvalue weighted by Gasteiger charge is 2.11. The van der Waals surface area contributed by atoms with Crippen LogP contribution < -0.4 is 15.4 Å². The Morgan fingerprint density at radius 2 is 1.68 bits per heavy atom. The number of hydrogen-bond acceptors (Lipinski definition) is 7. The van der Waals surface area contributed by atoms with Crippen molar-refractivity contribution in [1.82, 2.24) is 10.2 Å². The van der Waals surface area contributed by atoms with E-state index < -0.39 is 11.9 Å². The lowest BCUT2D eigenvalue weighted by Gasteiger charge is -2.08. The molecule has 0 radical (unpaired) electrons. The second-order valence-corrected chi connectivity index (χ2v) is 5.68. The minimum absolute atomic E-state index is 0.142. The van der Waals surface area contributed by atoms with Gasteiger partial charge in [-0.2, -0.15) is 0 Å². The topological polar surface area (TPSA) is 102 Å². The summed E-state index contributed by atoms with van der Waals surface area (Å²) < 4.78 is 9.78. The van der Waals surface area contributed by atoms with Gasteiger partial charge >= 0.3 is 5.97 Å². The summed E-state index contributed by atoms with van der Waals surface area (Å²) in [5.74, 6) is 0.324. The van der Waals surface area contributed by atoms with E-state index in [4.69, 9.17) is 4.74 Å². The van der Waals surface area contributed by atoms with Crippen molar-refractivity contribution in [2.75, 3.05) is 24.9 Å². The average molecular weight is 378 g/mol. The van der Waals surface area contributed by atoms with E-state index in [1.54, 1.807) is 37.4 Å². The summed E-state index contributed by atoms with van der Waals surface area (Å²) in [4.78, 5) is 23.9. The first-order valence-electron chi connectivity index (χ1n) is 8.33. The number of aromatic nitrogens is 2. The standard InChI is InChI=1S/C20H18N4O4/c1-27-16-8-6-14(7-9-16)21-18-11-10-17(23-24-18)19(25)22-15-5-3-4-13(12-15)20(26)28-2/h3-12H,1-2H3,(H,21,24)(H,22,25). The predicted octanol–water partition coefficient (Wildman–Crippen LogP) is 3.27. The van der Waals surface area contributed by atoms with Gasteiger partial charge in [0.1, 0.15) is 5.75 Å². The van der Waals surface area contributed by atoms with E-state index in [0.29, 0.717) is 17.1 Å². The summed E-state index contributed by atoms with van der Waals surface area (Å²) >= 11 is 0. The maximum Gasteiger partial charge on any atom is 0.337 e. The summed E-state index contributed by atoms with van der Waals surface area (Å²) in [5, 5.41) is 13.7. The van der Waals surface area contributed by atoms with Crippen molar-refractivity contribution in [3.63, 3.8) is 0 Å². The normalized spacial score (nSPS) is 10.1. The fraction of sp³-hybridized carbons (Fsp3) is 0.100. The summed E-state index contributed by atoms with van der Waals surface area (Å²) in [5.41, 5.74) is 1.75. The zero-order valence-corrected chi connectivity index (χ0v) is 15.3. The Labute approximate surface area is 161 Å². The van der Waals surface area contributed by atoms with Gasteiger partial charge in [-0.15, -0.1) is 10.2 Å². The molecule has 0 aliphatic heterocycles. The monoisotopic (exact) mass is 378 g/mol. The van der Waals surface area contributed by atoms with E-state index in [9.17, 15) is 9.59 Å². The molecule has 1 heterocycles. The molecule has 0 spiro atoms. The molecule has 3 aromatic rings. The van der Waals surface area contributed by atoms with Crippen LogP contribution >= 0.6 is 0 Å². The van der Waals surface area contributed by atoms with Gasteiger partial charge in [-0.05, 0) is 54.6 Å². The summed E-state index contributed by atoms with van der Waals surface area (Å²) in [6.45, 7) is 0. The third-order valence-electron chi connectivity index (χ3n) is 3.80. The zero-order valence-electron chi connectivity index (χ0n) is 15.3. The highest BCUT2D eigenvalue weighted by atomic mass is 16.5. The van der Waals surface area contributed by atoms with E-state index in [1.165, 1.54) is 13.2 Å². The molecule has 1 amide bonds. The van der Waals surface area contributed by atoms with Crippen LogP contribution in [0.1, 0.15) is 20.8 Å². The molecule has 28 heavy (non-hydrogen) atoms. The van der Waals surface area contributed by atoms with Crippen LogP contribution in [0.25, 0.3) is 0 Å². The fourth-order valence-electron chi connectivity index (χ4n) is 2.38. The van der Waals surface area contributed by atoms with Gasteiger partial charge in [0, 0.05) is 11.4 Å². The van der Waals surface area contributed by atoms with Gasteiger partial charge in [0.25, 0.3) is 5.91 Å². The molecule has 0 bridgehead atoms. The van der Waals surface area contributed by atoms with Crippen LogP contribution in [0.3, 0.4) is 0 Å². The predicted molar refractivity (Wildman–Crippen MR) is 104 cm³/mol. The molecular weight excluding hydrogens is 360 g/mol. The molecule has 3 rings (SSSR count). The first-order valence-corrected chi connectivity index (χ1v) is 8.33. The largest absolute Gasteiger partial charge is 0.497 e. The Kier molecular flexibility index (Phi) is 5.81. The molecule has 8 nitrogen and oxygen atoms in total. The molecular formula is C20H18N4O4. The van der Waals surface area contributed by atoms with Gasteiger partial charge in [0.2, 0.25) is 0 Å². The lowest BCUT2D eigenvalue weighted by atomic mass is 10.2. The maximum atomic E-state index is 12.3. The van der Waals surface area contributed by atoms with Gasteiger partial charge in [-0.25, -0.2) is 4.79 Å². The molecule has 8 heteroatoms. The fourth-order valence-corrected chi connectivity index (χ4v) is 2.38. The lowest BCUT2D eigenvalue weighted by Crippen LogP contribution is -2.15. The molecule has 0 saturated heterocycles. The van der Waals surface area contributed by atoms with Gasteiger partial charge < -0.3 is 20.1 Å². The van der Waals surface area contributed by atoms with Crippen molar-refractivity contribution >= 4 is 29.1 Å². The van der Waals surface area contributed by atoms with Gasteiger partial charge in [0.05, 0.1) is 19.8 Å². The van der Waals surface area contributed by atoms with Crippen molar-refractivity contribution in [2.45, 2.75) is 0 Å². The Morgan fingerprint density at radius 1 is 0.893 bits per heavy atom. The number of nitrogens with zero attached hydrogens (tertiary/aromatic N) is 2. The van der Waals surface area contributed by atoms with Gasteiger partial charge in [0.15, 0.2) is 11.5 Å². The highest BCUT2D eigenvalue weighted by Crippen LogP contribution is 2.18. The smallest absolute Gasteiger partial charge is 0.337 e. The van der Waals surface area contributed by atoms with E-state index in [1.807, 2.05) is 24.3 Å². The summed E-state index contributed by atoms with van der Waals surface area (Å²) in [6.07, 6.45) is 0. The quantitative estimate of drug-likeness (QED) is 0.635. The molecule has 2 N–H and O–H groups in total. The summed E-state index contributed by atoms with van der Waals surface area (Å²) in [7, 11) is 2.90. The van der Waals surface area contributed by atoms with Crippen molar-refractivity contribution < 1.29 is 19.1 Å². The lowest BCUT2D eigenvalue weighted by molar-refractivity contribution is 0.0600. The first-order chi connectivity index (χ1) is 13.6. The molecule has 0 atom stereocenters. The van der Waals surface area contributed by atoms with Crippen LogP contribution in [0.5, 0.6) is 5.75 Å². The Balaban J connectivity index is 1.65. The molecule has 0 aliphatic carbocycles. The van der Waals surface area contributed by atoms with E-state index >= 15 is 0 Å². The molecule has 0 aliphatic rings. The Morgan fingerprint density at radius 3 is 2.32 bits per heavy atom. The van der Waals surface area contributed by atoms with E-state index in [0.717, 1.165) is 11.4 Å².